The van der Waals surface area contributed by atoms with E-state index in [4.69, 9.17) is 9.47 Å². The molecule has 21 heavy (non-hydrogen) atoms. The zero-order valence-electron chi connectivity index (χ0n) is 13.0. The van der Waals surface area contributed by atoms with Crippen molar-refractivity contribution in [2.45, 2.75) is 32.5 Å². The lowest BCUT2D eigenvalue weighted by atomic mass is 10.1. The quantitative estimate of drug-likeness (QED) is 0.780. The van der Waals surface area contributed by atoms with E-state index in [9.17, 15) is 4.79 Å². The van der Waals surface area contributed by atoms with Crippen LogP contribution in [0.5, 0.6) is 5.75 Å². The van der Waals surface area contributed by atoms with Gasteiger partial charge >= 0.3 is 0 Å². The number of benzene rings is 1. The molecule has 0 bridgehead atoms. The van der Waals surface area contributed by atoms with Crippen molar-refractivity contribution in [3.05, 3.63) is 29.8 Å². The SMILES string of the molecule is CCOCCCN1C(=O)C(C)NC1c1ccc(OC)cc1. The van der Waals surface area contributed by atoms with Crippen LogP contribution in [0, 0.1) is 0 Å². The number of ether oxygens (including phenoxy) is 2. The van der Waals surface area contributed by atoms with E-state index in [0.717, 1.165) is 17.7 Å². The Kier molecular flexibility index (Phi) is 5.59. The molecule has 1 aliphatic rings. The van der Waals surface area contributed by atoms with Crippen molar-refractivity contribution in [1.82, 2.24) is 10.2 Å². The summed E-state index contributed by atoms with van der Waals surface area (Å²) in [5.41, 5.74) is 1.07. The molecular formula is C16H24N2O3. The molecule has 0 saturated carbocycles. The summed E-state index contributed by atoms with van der Waals surface area (Å²) in [6.07, 6.45) is 0.778. The van der Waals surface area contributed by atoms with Gasteiger partial charge in [-0.1, -0.05) is 12.1 Å². The van der Waals surface area contributed by atoms with Crippen molar-refractivity contribution in [1.29, 1.82) is 0 Å². The molecule has 2 atom stereocenters. The van der Waals surface area contributed by atoms with Gasteiger partial charge in [-0.05, 0) is 38.0 Å². The molecule has 0 radical (unpaired) electrons. The van der Waals surface area contributed by atoms with Crippen LogP contribution in [0.25, 0.3) is 0 Å². The summed E-state index contributed by atoms with van der Waals surface area (Å²) in [5.74, 6) is 0.964. The van der Waals surface area contributed by atoms with E-state index >= 15 is 0 Å². The van der Waals surface area contributed by atoms with Gasteiger partial charge in [0.1, 0.15) is 11.9 Å². The summed E-state index contributed by atoms with van der Waals surface area (Å²) in [7, 11) is 1.65. The predicted octanol–water partition coefficient (Wildman–Crippen LogP) is 1.94. The first-order chi connectivity index (χ1) is 10.2. The van der Waals surface area contributed by atoms with Gasteiger partial charge in [0.05, 0.1) is 13.2 Å². The highest BCUT2D eigenvalue weighted by molar-refractivity contribution is 5.84. The fraction of sp³-hybridized carbons (Fsp3) is 0.562. The first-order valence-electron chi connectivity index (χ1n) is 7.45. The standard InChI is InChI=1S/C16H24N2O3/c1-4-21-11-5-10-18-15(17-12(2)16(18)19)13-6-8-14(20-3)9-7-13/h6-9,12,15,17H,4-5,10-11H2,1-3H3. The average Bonchev–Trinajstić information content (AvgIpc) is 2.80. The minimum Gasteiger partial charge on any atom is -0.497 e. The molecule has 0 aliphatic carbocycles. The summed E-state index contributed by atoms with van der Waals surface area (Å²) in [6, 6.07) is 7.68. The maximum absolute atomic E-state index is 12.3. The minimum absolute atomic E-state index is 0.0694. The molecule has 0 aromatic heterocycles. The van der Waals surface area contributed by atoms with E-state index in [0.29, 0.717) is 19.8 Å². The van der Waals surface area contributed by atoms with Gasteiger partial charge in [-0.3, -0.25) is 10.1 Å². The first kappa shape index (κ1) is 15.8. The summed E-state index contributed by atoms with van der Waals surface area (Å²) in [6.45, 7) is 5.98. The number of carbonyl (C=O) groups is 1. The molecule has 1 aromatic rings. The summed E-state index contributed by atoms with van der Waals surface area (Å²) >= 11 is 0. The lowest BCUT2D eigenvalue weighted by molar-refractivity contribution is -0.130. The van der Waals surface area contributed by atoms with Gasteiger partial charge in [0.15, 0.2) is 0 Å². The lowest BCUT2D eigenvalue weighted by Gasteiger charge is -2.24. The molecule has 1 saturated heterocycles. The van der Waals surface area contributed by atoms with E-state index in [1.165, 1.54) is 0 Å². The van der Waals surface area contributed by atoms with Crippen molar-refractivity contribution in [3.63, 3.8) is 0 Å². The van der Waals surface area contributed by atoms with E-state index < -0.39 is 0 Å². The number of nitrogens with zero attached hydrogens (tertiary/aromatic N) is 1. The van der Waals surface area contributed by atoms with Crippen LogP contribution >= 0.6 is 0 Å². The normalized spacial score (nSPS) is 21.9. The molecule has 1 amide bonds. The van der Waals surface area contributed by atoms with Gasteiger partial charge in [-0.15, -0.1) is 0 Å². The van der Waals surface area contributed by atoms with Gasteiger partial charge in [0.2, 0.25) is 5.91 Å². The maximum Gasteiger partial charge on any atom is 0.241 e. The molecule has 1 fully saturated rings. The summed E-state index contributed by atoms with van der Waals surface area (Å²) in [5, 5.41) is 3.34. The lowest BCUT2D eigenvalue weighted by Crippen LogP contribution is -2.32. The Morgan fingerprint density at radius 1 is 1.29 bits per heavy atom. The number of carbonyl (C=O) groups excluding carboxylic acids is 1. The Labute approximate surface area is 126 Å². The third-order valence-electron chi connectivity index (χ3n) is 3.70. The highest BCUT2D eigenvalue weighted by atomic mass is 16.5. The van der Waals surface area contributed by atoms with E-state index in [1.54, 1.807) is 7.11 Å². The van der Waals surface area contributed by atoms with Crippen LogP contribution in [0.15, 0.2) is 24.3 Å². The van der Waals surface area contributed by atoms with Gasteiger partial charge in [-0.25, -0.2) is 0 Å². The van der Waals surface area contributed by atoms with Crippen molar-refractivity contribution in [3.8, 4) is 5.75 Å². The van der Waals surface area contributed by atoms with Gasteiger partial charge in [-0.2, -0.15) is 0 Å². The number of rotatable bonds is 7. The van der Waals surface area contributed by atoms with Crippen LogP contribution < -0.4 is 10.1 Å². The maximum atomic E-state index is 12.3. The summed E-state index contributed by atoms with van der Waals surface area (Å²) in [4.78, 5) is 14.2. The third kappa shape index (κ3) is 3.74. The highest BCUT2D eigenvalue weighted by Crippen LogP contribution is 2.26. The van der Waals surface area contributed by atoms with Crippen molar-refractivity contribution >= 4 is 5.91 Å². The molecule has 1 N–H and O–H groups in total. The fourth-order valence-corrected chi connectivity index (χ4v) is 2.56. The Hall–Kier alpha value is -1.59. The molecule has 2 rings (SSSR count). The molecular weight excluding hydrogens is 268 g/mol. The van der Waals surface area contributed by atoms with Crippen molar-refractivity contribution < 1.29 is 14.3 Å². The molecule has 1 aromatic carbocycles. The number of nitrogens with one attached hydrogen (secondary N) is 1. The predicted molar refractivity (Wildman–Crippen MR) is 81.2 cm³/mol. The Morgan fingerprint density at radius 2 is 2.00 bits per heavy atom. The molecule has 1 heterocycles. The molecule has 5 heteroatoms. The van der Waals surface area contributed by atoms with Crippen LogP contribution in [0.4, 0.5) is 0 Å². The van der Waals surface area contributed by atoms with E-state index in [1.807, 2.05) is 43.0 Å². The monoisotopic (exact) mass is 292 g/mol. The van der Waals surface area contributed by atoms with Crippen LogP contribution in [0.2, 0.25) is 0 Å². The summed E-state index contributed by atoms with van der Waals surface area (Å²) < 4.78 is 10.5. The van der Waals surface area contributed by atoms with E-state index in [-0.39, 0.29) is 18.1 Å². The molecule has 2 unspecified atom stereocenters. The topological polar surface area (TPSA) is 50.8 Å². The van der Waals surface area contributed by atoms with Crippen LogP contribution in [-0.4, -0.2) is 43.7 Å². The second kappa shape index (κ2) is 7.43. The molecule has 116 valence electrons. The van der Waals surface area contributed by atoms with Crippen LogP contribution in [-0.2, 0) is 9.53 Å². The largest absolute Gasteiger partial charge is 0.497 e. The zero-order chi connectivity index (χ0) is 15.2. The molecule has 1 aliphatic heterocycles. The van der Waals surface area contributed by atoms with Gasteiger partial charge in [0.25, 0.3) is 0 Å². The number of methoxy groups -OCH3 is 1. The van der Waals surface area contributed by atoms with Crippen molar-refractivity contribution in [2.24, 2.45) is 0 Å². The first-order valence-corrected chi connectivity index (χ1v) is 7.45. The zero-order valence-corrected chi connectivity index (χ0v) is 13.0. The van der Waals surface area contributed by atoms with Gasteiger partial charge < -0.3 is 14.4 Å². The number of amides is 1. The number of hydrogen-bond donors (Lipinski definition) is 1. The third-order valence-corrected chi connectivity index (χ3v) is 3.70. The molecule has 5 nitrogen and oxygen atoms in total. The highest BCUT2D eigenvalue weighted by Gasteiger charge is 2.36. The van der Waals surface area contributed by atoms with Gasteiger partial charge in [0, 0.05) is 19.8 Å². The average molecular weight is 292 g/mol. The fourth-order valence-electron chi connectivity index (χ4n) is 2.56. The Balaban J connectivity index is 2.05. The number of hydrogen-bond acceptors (Lipinski definition) is 4. The minimum atomic E-state index is -0.149. The van der Waals surface area contributed by atoms with Crippen LogP contribution in [0.3, 0.4) is 0 Å². The molecule has 0 spiro atoms. The van der Waals surface area contributed by atoms with Crippen molar-refractivity contribution in [2.75, 3.05) is 26.9 Å². The van der Waals surface area contributed by atoms with E-state index in [2.05, 4.69) is 5.32 Å². The van der Waals surface area contributed by atoms with Crippen LogP contribution in [0.1, 0.15) is 32.0 Å². The Morgan fingerprint density at radius 3 is 2.62 bits per heavy atom. The smallest absolute Gasteiger partial charge is 0.241 e. The second-order valence-corrected chi connectivity index (χ2v) is 5.15. The Bertz CT molecular complexity index is 461. The second-order valence-electron chi connectivity index (χ2n) is 5.15.